The number of nitrogens with zero attached hydrogens (tertiary/aromatic N) is 4. The molecule has 34 heavy (non-hydrogen) atoms. The van der Waals surface area contributed by atoms with Gasteiger partial charge in [0.05, 0.1) is 30.9 Å². The van der Waals surface area contributed by atoms with E-state index in [-0.39, 0.29) is 17.2 Å². The molecule has 2 unspecified atom stereocenters. The van der Waals surface area contributed by atoms with E-state index in [4.69, 9.17) is 0 Å². The molecule has 0 radical (unpaired) electrons. The molecule has 1 aromatic carbocycles. The number of amides is 1. The van der Waals surface area contributed by atoms with Crippen molar-refractivity contribution < 1.29 is 27.1 Å². The Morgan fingerprint density at radius 3 is 2.82 bits per heavy atom. The van der Waals surface area contributed by atoms with Crippen LogP contribution in [0.4, 0.5) is 28.0 Å². The van der Waals surface area contributed by atoms with Crippen LogP contribution in [0.3, 0.4) is 0 Å². The number of likely N-dealkylation sites (tertiary alicyclic amines) is 1. The largest absolute Gasteiger partial charge is 0.453 e. The molecule has 1 aliphatic rings. The van der Waals surface area contributed by atoms with E-state index in [1.54, 1.807) is 24.3 Å². The molecule has 1 fully saturated rings. The standard InChI is InChI=1S/C21H24F4N6O2S/c1-30-7-6-15(13(22)10-30)27-14-4-3-5-16-12(14)8-17(31(16)11-21(23,24)25)19-29-28-18(34-19)9-26-20(32)33-2/h3-5,8,13,15,27H,6-7,9-11H2,1-2H3,(H,26,32). The molecule has 4 rings (SSSR count). The Morgan fingerprint density at radius 2 is 2.12 bits per heavy atom. The summed E-state index contributed by atoms with van der Waals surface area (Å²) in [6, 6.07) is 6.16. The number of anilines is 1. The first kappa shape index (κ1) is 24.2. The van der Waals surface area contributed by atoms with Gasteiger partial charge in [-0.3, -0.25) is 0 Å². The third kappa shape index (κ3) is 5.41. The average molecular weight is 501 g/mol. The fourth-order valence-electron chi connectivity index (χ4n) is 4.00. The summed E-state index contributed by atoms with van der Waals surface area (Å²) in [5.74, 6) is 0. The van der Waals surface area contributed by atoms with Crippen molar-refractivity contribution in [3.8, 4) is 10.7 Å². The maximum atomic E-state index is 14.6. The van der Waals surface area contributed by atoms with Crippen LogP contribution < -0.4 is 10.6 Å². The van der Waals surface area contributed by atoms with Crippen LogP contribution in [-0.2, 0) is 17.8 Å². The van der Waals surface area contributed by atoms with Gasteiger partial charge in [0.25, 0.3) is 0 Å². The van der Waals surface area contributed by atoms with Crippen LogP contribution in [0.25, 0.3) is 21.6 Å². The van der Waals surface area contributed by atoms with Crippen LogP contribution in [0.1, 0.15) is 11.4 Å². The van der Waals surface area contributed by atoms with Crippen LogP contribution in [0, 0.1) is 0 Å². The van der Waals surface area contributed by atoms with Gasteiger partial charge >= 0.3 is 12.3 Å². The molecular formula is C21H24F4N6O2S. The summed E-state index contributed by atoms with van der Waals surface area (Å²) in [7, 11) is 3.07. The van der Waals surface area contributed by atoms with Gasteiger partial charge in [0.1, 0.15) is 17.7 Å². The van der Waals surface area contributed by atoms with Gasteiger partial charge in [0, 0.05) is 24.2 Å². The highest BCUT2D eigenvalue weighted by molar-refractivity contribution is 7.14. The van der Waals surface area contributed by atoms with Crippen molar-refractivity contribution in [3.05, 3.63) is 29.3 Å². The molecule has 8 nitrogen and oxygen atoms in total. The van der Waals surface area contributed by atoms with E-state index in [1.807, 2.05) is 11.9 Å². The highest BCUT2D eigenvalue weighted by Gasteiger charge is 2.32. The zero-order chi connectivity index (χ0) is 24.5. The highest BCUT2D eigenvalue weighted by Crippen LogP contribution is 2.36. The number of rotatable bonds is 6. The Hall–Kier alpha value is -2.93. The second-order valence-corrected chi connectivity index (χ2v) is 9.20. The van der Waals surface area contributed by atoms with E-state index in [0.29, 0.717) is 34.6 Å². The predicted octanol–water partition coefficient (Wildman–Crippen LogP) is 4.03. The van der Waals surface area contributed by atoms with Crippen molar-refractivity contribution in [1.29, 1.82) is 0 Å². The summed E-state index contributed by atoms with van der Waals surface area (Å²) in [5.41, 5.74) is 1.16. The monoisotopic (exact) mass is 500 g/mol. The quantitative estimate of drug-likeness (QED) is 0.498. The number of benzene rings is 1. The summed E-state index contributed by atoms with van der Waals surface area (Å²) in [5, 5.41) is 14.9. The molecule has 2 aromatic heterocycles. The maximum Gasteiger partial charge on any atom is 0.407 e. The molecule has 13 heteroatoms. The van der Waals surface area contributed by atoms with E-state index in [9.17, 15) is 22.4 Å². The minimum atomic E-state index is -4.47. The number of methoxy groups -OCH3 is 1. The number of hydrogen-bond donors (Lipinski definition) is 2. The number of halogens is 4. The lowest BCUT2D eigenvalue weighted by molar-refractivity contribution is -0.139. The van der Waals surface area contributed by atoms with Crippen LogP contribution in [0.5, 0.6) is 0 Å². The molecule has 1 amide bonds. The van der Waals surface area contributed by atoms with Crippen LogP contribution in [-0.4, -0.2) is 71.4 Å². The van der Waals surface area contributed by atoms with Gasteiger partial charge in [-0.05, 0) is 31.7 Å². The zero-order valence-electron chi connectivity index (χ0n) is 18.5. The summed E-state index contributed by atoms with van der Waals surface area (Å²) in [6.45, 7) is -0.169. The Labute approximate surface area is 196 Å². The fraction of sp³-hybridized carbons (Fsp3) is 0.476. The van der Waals surface area contributed by atoms with E-state index < -0.39 is 31.0 Å². The molecule has 0 spiro atoms. The molecule has 1 aliphatic heterocycles. The Balaban J connectivity index is 1.70. The van der Waals surface area contributed by atoms with Crippen LogP contribution >= 0.6 is 11.3 Å². The lowest BCUT2D eigenvalue weighted by atomic mass is 10.0. The number of carbonyl (C=O) groups is 1. The number of aromatic nitrogens is 3. The van der Waals surface area contributed by atoms with Gasteiger partial charge in [-0.2, -0.15) is 13.2 Å². The maximum absolute atomic E-state index is 14.6. The van der Waals surface area contributed by atoms with E-state index in [0.717, 1.165) is 22.4 Å². The SMILES string of the molecule is COC(=O)NCc1nnc(-c2cc3c(NC4CCN(C)CC4F)cccc3n2CC(F)(F)F)s1. The zero-order valence-corrected chi connectivity index (χ0v) is 19.3. The number of carbonyl (C=O) groups excluding carboxylic acids is 1. The Morgan fingerprint density at radius 1 is 1.32 bits per heavy atom. The summed E-state index contributed by atoms with van der Waals surface area (Å²) in [4.78, 5) is 13.2. The lowest BCUT2D eigenvalue weighted by Crippen LogP contribution is -2.46. The number of alkyl carbamates (subject to hydrolysis) is 1. The first-order valence-electron chi connectivity index (χ1n) is 10.6. The molecule has 1 saturated heterocycles. The Bertz CT molecular complexity index is 1160. The van der Waals surface area contributed by atoms with Crippen LogP contribution in [0.2, 0.25) is 0 Å². The smallest absolute Gasteiger partial charge is 0.407 e. The number of fused-ring (bicyclic) bond motifs is 1. The molecule has 2 N–H and O–H groups in total. The molecule has 2 atom stereocenters. The second-order valence-electron chi connectivity index (χ2n) is 8.13. The molecule has 0 aliphatic carbocycles. The molecule has 3 aromatic rings. The number of piperidine rings is 1. The van der Waals surface area contributed by atoms with Gasteiger partial charge in [-0.15, -0.1) is 10.2 Å². The van der Waals surface area contributed by atoms with Crippen molar-refractivity contribution in [2.24, 2.45) is 0 Å². The van der Waals surface area contributed by atoms with Gasteiger partial charge in [0.15, 0.2) is 5.01 Å². The van der Waals surface area contributed by atoms with E-state index in [2.05, 4.69) is 25.6 Å². The molecule has 0 saturated carbocycles. The summed E-state index contributed by atoms with van der Waals surface area (Å²) >= 11 is 1.07. The van der Waals surface area contributed by atoms with Crippen molar-refractivity contribution in [2.45, 2.75) is 37.9 Å². The Kier molecular flexibility index (Phi) is 6.94. The second kappa shape index (κ2) is 9.74. The first-order valence-corrected chi connectivity index (χ1v) is 11.4. The molecule has 184 valence electrons. The van der Waals surface area contributed by atoms with Crippen molar-refractivity contribution in [1.82, 2.24) is 25.0 Å². The lowest BCUT2D eigenvalue weighted by Gasteiger charge is -2.33. The van der Waals surface area contributed by atoms with Gasteiger partial charge < -0.3 is 24.8 Å². The van der Waals surface area contributed by atoms with Crippen LogP contribution in [0.15, 0.2) is 24.3 Å². The van der Waals surface area contributed by atoms with Gasteiger partial charge in [-0.25, -0.2) is 9.18 Å². The first-order chi connectivity index (χ1) is 16.1. The number of ether oxygens (including phenoxy) is 1. The molecule has 0 bridgehead atoms. The van der Waals surface area contributed by atoms with Gasteiger partial charge in [0.2, 0.25) is 0 Å². The molecular weight excluding hydrogens is 476 g/mol. The predicted molar refractivity (Wildman–Crippen MR) is 121 cm³/mol. The highest BCUT2D eigenvalue weighted by atomic mass is 32.1. The van der Waals surface area contributed by atoms with E-state index in [1.165, 1.54) is 7.11 Å². The third-order valence-electron chi connectivity index (χ3n) is 5.62. The summed E-state index contributed by atoms with van der Waals surface area (Å²) < 4.78 is 60.7. The minimum absolute atomic E-state index is 0.0324. The van der Waals surface area contributed by atoms with E-state index >= 15 is 0 Å². The normalized spacial score (nSPS) is 19.4. The number of hydrogen-bond acceptors (Lipinski definition) is 7. The average Bonchev–Trinajstić information content (AvgIpc) is 3.38. The minimum Gasteiger partial charge on any atom is -0.453 e. The fourth-order valence-corrected chi connectivity index (χ4v) is 4.81. The number of alkyl halides is 4. The number of nitrogens with one attached hydrogen (secondary N) is 2. The van der Waals surface area contributed by atoms with Gasteiger partial charge in [-0.1, -0.05) is 17.4 Å². The van der Waals surface area contributed by atoms with Crippen molar-refractivity contribution in [3.63, 3.8) is 0 Å². The third-order valence-corrected chi connectivity index (χ3v) is 6.57. The molecule has 3 heterocycles. The summed E-state index contributed by atoms with van der Waals surface area (Å²) in [6.07, 6.45) is -5.64. The van der Waals surface area contributed by atoms with Crippen molar-refractivity contribution in [2.75, 3.05) is 32.6 Å². The van der Waals surface area contributed by atoms with Crippen molar-refractivity contribution >= 4 is 34.0 Å². The topological polar surface area (TPSA) is 84.3 Å².